The summed E-state index contributed by atoms with van der Waals surface area (Å²) in [5, 5.41) is 16.5. The van der Waals surface area contributed by atoms with Crippen molar-refractivity contribution in [3.63, 3.8) is 0 Å². The van der Waals surface area contributed by atoms with Crippen LogP contribution in [0.15, 0.2) is 138 Å². The molecule has 0 spiro atoms. The lowest BCUT2D eigenvalue weighted by molar-refractivity contribution is 0.396. The van der Waals surface area contributed by atoms with Gasteiger partial charge >= 0.3 is 0 Å². The Morgan fingerprint density at radius 2 is 1.12 bits per heavy atom. The van der Waals surface area contributed by atoms with Crippen LogP contribution < -0.4 is 0 Å². The predicted octanol–water partition coefficient (Wildman–Crippen LogP) is 8.21. The Hall–Kier alpha value is -5.29. The van der Waals surface area contributed by atoms with Crippen LogP contribution in [-0.4, -0.2) is 20.2 Å². The number of aryl methyl sites for hydroxylation is 2. The third kappa shape index (κ3) is 4.14. The lowest BCUT2D eigenvalue weighted by atomic mass is 9.77. The number of furan rings is 1. The third-order valence-corrected chi connectivity index (χ3v) is 7.75. The van der Waals surface area contributed by atoms with Crippen molar-refractivity contribution in [1.29, 1.82) is 0 Å². The quantitative estimate of drug-likeness (QED) is 0.203. The normalized spacial score (nSPS) is 11.7. The van der Waals surface area contributed by atoms with Gasteiger partial charge in [-0.15, -0.1) is 15.0 Å². The Balaban J connectivity index is 1.34. The first-order valence-electron chi connectivity index (χ1n) is 13.7. The van der Waals surface area contributed by atoms with E-state index in [-0.39, 0.29) is 0 Å². The van der Waals surface area contributed by atoms with Crippen molar-refractivity contribution in [3.05, 3.63) is 161 Å². The summed E-state index contributed by atoms with van der Waals surface area (Å²) in [5.74, 6) is 2.35. The van der Waals surface area contributed by atoms with Crippen LogP contribution in [-0.2, 0) is 5.54 Å². The molecule has 198 valence electrons. The molecule has 5 nitrogen and oxygen atoms in total. The van der Waals surface area contributed by atoms with Crippen molar-refractivity contribution in [2.75, 3.05) is 0 Å². The molecule has 0 aliphatic heterocycles. The molecule has 2 aromatic heterocycles. The second-order valence-electron chi connectivity index (χ2n) is 10.3. The number of hydrogen-bond acceptors (Lipinski definition) is 4. The highest BCUT2D eigenvalue weighted by Gasteiger charge is 2.41. The van der Waals surface area contributed by atoms with Gasteiger partial charge in [0.25, 0.3) is 0 Å². The summed E-state index contributed by atoms with van der Waals surface area (Å²) >= 11 is 0. The standard InChI is InChI=1S/C36H28N4O/c1-25-18-23-32-33(24-25)26(2)41-34(32)27-19-21-28(22-20-27)35-37-39-40(38-35)36(29-12-6-3-7-13-29,30-14-8-4-9-15-30)31-16-10-5-11-17-31/h3-24H,1-2H3. The Morgan fingerprint density at radius 1 is 0.585 bits per heavy atom. The van der Waals surface area contributed by atoms with Crippen LogP contribution in [0.3, 0.4) is 0 Å². The van der Waals surface area contributed by atoms with Gasteiger partial charge in [0.2, 0.25) is 5.82 Å². The lowest BCUT2D eigenvalue weighted by Crippen LogP contribution is -2.39. The molecular formula is C36H28N4O. The van der Waals surface area contributed by atoms with E-state index in [1.807, 2.05) is 73.7 Å². The van der Waals surface area contributed by atoms with E-state index < -0.39 is 5.54 Å². The second kappa shape index (κ2) is 10.0. The van der Waals surface area contributed by atoms with Crippen LogP contribution in [0.2, 0.25) is 0 Å². The van der Waals surface area contributed by atoms with E-state index in [4.69, 9.17) is 9.52 Å². The number of benzene rings is 5. The fourth-order valence-corrected chi connectivity index (χ4v) is 5.75. The first kappa shape index (κ1) is 24.7. The molecule has 0 radical (unpaired) electrons. The average molecular weight is 533 g/mol. The minimum absolute atomic E-state index is 0.555. The number of fused-ring (bicyclic) bond motifs is 1. The van der Waals surface area contributed by atoms with E-state index in [2.05, 4.69) is 84.0 Å². The summed E-state index contributed by atoms with van der Waals surface area (Å²) in [5.41, 5.74) is 5.44. The predicted molar refractivity (Wildman–Crippen MR) is 163 cm³/mol. The summed E-state index contributed by atoms with van der Waals surface area (Å²) in [6, 6.07) is 45.7. The summed E-state index contributed by atoms with van der Waals surface area (Å²) < 4.78 is 6.20. The van der Waals surface area contributed by atoms with Crippen LogP contribution in [0.1, 0.15) is 28.0 Å². The molecule has 0 aliphatic carbocycles. The number of aromatic nitrogens is 4. The highest BCUT2D eigenvalue weighted by Crippen LogP contribution is 2.40. The Morgan fingerprint density at radius 3 is 1.68 bits per heavy atom. The number of tetrazole rings is 1. The molecule has 5 heteroatoms. The van der Waals surface area contributed by atoms with Crippen molar-refractivity contribution in [3.8, 4) is 22.7 Å². The minimum Gasteiger partial charge on any atom is -0.460 e. The highest BCUT2D eigenvalue weighted by atomic mass is 16.3. The van der Waals surface area contributed by atoms with Gasteiger partial charge in [-0.2, -0.15) is 0 Å². The van der Waals surface area contributed by atoms with Crippen molar-refractivity contribution in [2.24, 2.45) is 0 Å². The molecule has 0 amide bonds. The molecule has 0 saturated carbocycles. The van der Waals surface area contributed by atoms with Gasteiger partial charge in [0, 0.05) is 21.9 Å². The van der Waals surface area contributed by atoms with Gasteiger partial charge < -0.3 is 4.42 Å². The van der Waals surface area contributed by atoms with Crippen LogP contribution in [0.4, 0.5) is 0 Å². The van der Waals surface area contributed by atoms with Crippen molar-refractivity contribution in [2.45, 2.75) is 19.4 Å². The fraction of sp³-hybridized carbons (Fsp3) is 0.0833. The summed E-state index contributed by atoms with van der Waals surface area (Å²) in [4.78, 5) is 1.75. The Kier molecular flexibility index (Phi) is 6.05. The van der Waals surface area contributed by atoms with Gasteiger partial charge in [-0.25, -0.2) is 0 Å². The average Bonchev–Trinajstić information content (AvgIpc) is 3.65. The maximum atomic E-state index is 6.20. The van der Waals surface area contributed by atoms with Gasteiger partial charge in [-0.05, 0) is 41.8 Å². The molecule has 5 aromatic carbocycles. The first-order chi connectivity index (χ1) is 20.1. The molecule has 0 N–H and O–H groups in total. The van der Waals surface area contributed by atoms with Gasteiger partial charge in [0.1, 0.15) is 11.5 Å². The molecule has 7 aromatic rings. The molecule has 2 heterocycles. The SMILES string of the molecule is Cc1ccc2c(-c3ccc(-c4nnn(C(c5ccccc5)(c5ccccc5)c5ccccc5)n4)cc3)oc(C)c2c1. The zero-order valence-electron chi connectivity index (χ0n) is 22.9. The second-order valence-corrected chi connectivity index (χ2v) is 10.3. The molecule has 0 fully saturated rings. The van der Waals surface area contributed by atoms with Crippen LogP contribution in [0, 0.1) is 13.8 Å². The van der Waals surface area contributed by atoms with Gasteiger partial charge in [0.15, 0.2) is 5.54 Å². The maximum Gasteiger partial charge on any atom is 0.204 e. The molecule has 7 rings (SSSR count). The third-order valence-electron chi connectivity index (χ3n) is 7.75. The van der Waals surface area contributed by atoms with E-state index in [9.17, 15) is 0 Å². The van der Waals surface area contributed by atoms with E-state index in [0.717, 1.165) is 50.1 Å². The van der Waals surface area contributed by atoms with E-state index in [1.54, 1.807) is 4.80 Å². The topological polar surface area (TPSA) is 56.7 Å². The lowest BCUT2D eigenvalue weighted by Gasteiger charge is -2.34. The largest absolute Gasteiger partial charge is 0.460 e. The molecule has 0 aliphatic rings. The molecule has 0 unspecified atom stereocenters. The maximum absolute atomic E-state index is 6.20. The Bertz CT molecular complexity index is 1840. The number of hydrogen-bond donors (Lipinski definition) is 0. The number of nitrogens with zero attached hydrogens (tertiary/aromatic N) is 4. The highest BCUT2D eigenvalue weighted by molar-refractivity contribution is 5.96. The molecule has 41 heavy (non-hydrogen) atoms. The first-order valence-corrected chi connectivity index (χ1v) is 13.7. The monoisotopic (exact) mass is 532 g/mol. The zero-order chi connectivity index (χ0) is 27.8. The molecule has 0 bridgehead atoms. The van der Waals surface area contributed by atoms with E-state index in [1.165, 1.54) is 5.56 Å². The number of rotatable bonds is 6. The van der Waals surface area contributed by atoms with Crippen molar-refractivity contribution in [1.82, 2.24) is 20.2 Å². The van der Waals surface area contributed by atoms with Gasteiger partial charge in [-0.1, -0.05) is 133 Å². The van der Waals surface area contributed by atoms with Crippen LogP contribution in [0.25, 0.3) is 33.5 Å². The molecule has 0 atom stereocenters. The van der Waals surface area contributed by atoms with Crippen LogP contribution >= 0.6 is 0 Å². The van der Waals surface area contributed by atoms with Crippen molar-refractivity contribution >= 4 is 10.8 Å². The Labute approximate surface area is 238 Å². The van der Waals surface area contributed by atoms with Gasteiger partial charge in [-0.3, -0.25) is 0 Å². The van der Waals surface area contributed by atoms with Crippen LogP contribution in [0.5, 0.6) is 0 Å². The zero-order valence-corrected chi connectivity index (χ0v) is 22.9. The molecular weight excluding hydrogens is 504 g/mol. The summed E-state index contributed by atoms with van der Waals surface area (Å²) in [6.07, 6.45) is 0. The minimum atomic E-state index is -0.808. The van der Waals surface area contributed by atoms with E-state index in [0.29, 0.717) is 5.82 Å². The van der Waals surface area contributed by atoms with Gasteiger partial charge in [0.05, 0.1) is 0 Å². The van der Waals surface area contributed by atoms with Crippen molar-refractivity contribution < 1.29 is 4.42 Å². The summed E-state index contributed by atoms with van der Waals surface area (Å²) in [6.45, 7) is 4.11. The van der Waals surface area contributed by atoms with E-state index >= 15 is 0 Å². The smallest absolute Gasteiger partial charge is 0.204 e. The summed E-state index contributed by atoms with van der Waals surface area (Å²) in [7, 11) is 0. The fourth-order valence-electron chi connectivity index (χ4n) is 5.75. The molecule has 0 saturated heterocycles.